The number of carbonyl (C=O) groups is 1. The van der Waals surface area contributed by atoms with Gasteiger partial charge < -0.3 is 0 Å². The minimum absolute atomic E-state index is 0.0717. The molecule has 1 N–H and O–H groups in total. The molecule has 6 nitrogen and oxygen atoms in total. The van der Waals surface area contributed by atoms with Gasteiger partial charge in [0.1, 0.15) is 4.32 Å². The molecule has 0 unspecified atom stereocenters. The van der Waals surface area contributed by atoms with E-state index in [9.17, 15) is 4.79 Å². The number of aromatic nitrogens is 4. The number of nitrogens with one attached hydrogen (secondary N) is 1. The highest BCUT2D eigenvalue weighted by Crippen LogP contribution is 2.36. The lowest BCUT2D eigenvalue weighted by molar-refractivity contribution is -0.122. The molecule has 0 aliphatic carbocycles. The van der Waals surface area contributed by atoms with Gasteiger partial charge in [-0.1, -0.05) is 58.5 Å². The van der Waals surface area contributed by atoms with Gasteiger partial charge in [0.15, 0.2) is 5.82 Å². The number of thiocarbonyl (C=S) groups is 1. The van der Waals surface area contributed by atoms with Crippen LogP contribution in [0.2, 0.25) is 10.0 Å². The van der Waals surface area contributed by atoms with E-state index >= 15 is 0 Å². The minimum Gasteiger partial charge on any atom is -0.293 e. The van der Waals surface area contributed by atoms with Crippen molar-refractivity contribution in [1.29, 1.82) is 0 Å². The predicted octanol–water partition coefficient (Wildman–Crippen LogP) is 5.07. The zero-order valence-corrected chi connectivity index (χ0v) is 18.7. The molecule has 0 atom stereocenters. The number of thiophene rings is 1. The maximum atomic E-state index is 12.7. The summed E-state index contributed by atoms with van der Waals surface area (Å²) in [6, 6.07) is 7.55. The molecule has 4 rings (SSSR count). The Hall–Kier alpha value is -1.78. The Morgan fingerprint density at radius 1 is 1.21 bits per heavy atom. The van der Waals surface area contributed by atoms with Crippen LogP contribution in [0.4, 0.5) is 0 Å². The van der Waals surface area contributed by atoms with Gasteiger partial charge in [-0.15, -0.1) is 21.5 Å². The van der Waals surface area contributed by atoms with E-state index < -0.39 is 0 Å². The number of halogens is 2. The van der Waals surface area contributed by atoms with Crippen molar-refractivity contribution in [1.82, 2.24) is 25.5 Å². The Morgan fingerprint density at radius 2 is 2.07 bits per heavy atom. The molecular formula is C18H13Cl2N5OS3. The lowest BCUT2D eigenvalue weighted by Gasteiger charge is -2.13. The minimum atomic E-state index is -0.0717. The number of tetrazole rings is 1. The van der Waals surface area contributed by atoms with E-state index in [2.05, 4.69) is 20.6 Å². The van der Waals surface area contributed by atoms with Crippen LogP contribution in [-0.4, -0.2) is 42.3 Å². The van der Waals surface area contributed by atoms with E-state index in [0.29, 0.717) is 44.5 Å². The smallest absolute Gasteiger partial charge is 0.266 e. The average Bonchev–Trinajstić information content (AvgIpc) is 3.43. The van der Waals surface area contributed by atoms with Crippen LogP contribution in [0.5, 0.6) is 0 Å². The molecule has 1 amide bonds. The van der Waals surface area contributed by atoms with Crippen molar-refractivity contribution in [2.24, 2.45) is 0 Å². The fourth-order valence-electron chi connectivity index (χ4n) is 2.76. The Bertz CT molecular complexity index is 1100. The largest absolute Gasteiger partial charge is 0.293 e. The summed E-state index contributed by atoms with van der Waals surface area (Å²) >= 11 is 20.4. The molecule has 0 spiro atoms. The number of thioether (sulfide) groups is 1. The number of aryl methyl sites for hydroxylation is 1. The van der Waals surface area contributed by atoms with Gasteiger partial charge in [0.25, 0.3) is 5.91 Å². The van der Waals surface area contributed by atoms with E-state index in [0.717, 1.165) is 16.0 Å². The highest BCUT2D eigenvalue weighted by molar-refractivity contribution is 8.26. The second kappa shape index (κ2) is 8.93. The van der Waals surface area contributed by atoms with Gasteiger partial charge in [0.05, 0.1) is 15.0 Å². The third kappa shape index (κ3) is 4.70. The number of rotatable bonds is 6. The number of amides is 1. The lowest BCUT2D eigenvalue weighted by atomic mass is 10.1. The maximum Gasteiger partial charge on any atom is 0.266 e. The number of hydrogen-bond acceptors (Lipinski definition) is 7. The first-order valence-electron chi connectivity index (χ1n) is 8.53. The van der Waals surface area contributed by atoms with Crippen molar-refractivity contribution in [2.45, 2.75) is 12.8 Å². The molecule has 0 bridgehead atoms. The van der Waals surface area contributed by atoms with Gasteiger partial charge >= 0.3 is 0 Å². The molecule has 3 heterocycles. The van der Waals surface area contributed by atoms with Crippen LogP contribution in [0, 0.1) is 0 Å². The van der Waals surface area contributed by atoms with Crippen molar-refractivity contribution in [2.75, 3.05) is 6.54 Å². The first-order chi connectivity index (χ1) is 14.0. The number of nitrogens with zero attached hydrogens (tertiary/aromatic N) is 4. The van der Waals surface area contributed by atoms with Gasteiger partial charge in [-0.25, -0.2) is 0 Å². The summed E-state index contributed by atoms with van der Waals surface area (Å²) in [6.07, 6.45) is 3.22. The Labute approximate surface area is 190 Å². The molecule has 1 fully saturated rings. The van der Waals surface area contributed by atoms with Crippen molar-refractivity contribution in [3.05, 3.63) is 55.3 Å². The third-order valence-corrected chi connectivity index (χ3v) is 7.19. The molecule has 1 aliphatic heterocycles. The molecule has 11 heteroatoms. The van der Waals surface area contributed by atoms with Crippen molar-refractivity contribution in [3.63, 3.8) is 0 Å². The van der Waals surface area contributed by atoms with Crippen LogP contribution < -0.4 is 0 Å². The second-order valence-corrected chi connectivity index (χ2v) is 9.56. The fraction of sp³-hybridized carbons (Fsp3) is 0.167. The van der Waals surface area contributed by atoms with E-state index in [1.165, 1.54) is 11.8 Å². The van der Waals surface area contributed by atoms with Crippen LogP contribution in [0.15, 0.2) is 34.6 Å². The highest BCUT2D eigenvalue weighted by atomic mass is 35.5. The molecule has 1 aromatic carbocycles. The highest BCUT2D eigenvalue weighted by Gasteiger charge is 2.31. The molecule has 1 saturated heterocycles. The normalized spacial score (nSPS) is 15.7. The van der Waals surface area contributed by atoms with E-state index in [-0.39, 0.29) is 5.91 Å². The van der Waals surface area contributed by atoms with E-state index in [1.54, 1.807) is 22.3 Å². The van der Waals surface area contributed by atoms with Crippen LogP contribution >= 0.6 is 58.5 Å². The quantitative estimate of drug-likeness (QED) is 0.391. The molecule has 2 aromatic heterocycles. The summed E-state index contributed by atoms with van der Waals surface area (Å²) in [6.45, 7) is 0.523. The number of aromatic amines is 1. The van der Waals surface area contributed by atoms with E-state index in [4.69, 9.17) is 35.4 Å². The maximum absolute atomic E-state index is 12.7. The van der Waals surface area contributed by atoms with Gasteiger partial charge in [-0.3, -0.25) is 9.69 Å². The van der Waals surface area contributed by atoms with Crippen LogP contribution in [0.3, 0.4) is 0 Å². The monoisotopic (exact) mass is 481 g/mol. The van der Waals surface area contributed by atoms with Gasteiger partial charge in [0.2, 0.25) is 0 Å². The third-order valence-electron chi connectivity index (χ3n) is 4.19. The van der Waals surface area contributed by atoms with Crippen LogP contribution in [0.1, 0.15) is 17.1 Å². The van der Waals surface area contributed by atoms with E-state index in [1.807, 2.05) is 29.7 Å². The molecule has 0 radical (unpaired) electrons. The van der Waals surface area contributed by atoms with Crippen LogP contribution in [-0.2, 0) is 11.2 Å². The fourth-order valence-corrected chi connectivity index (χ4v) is 5.28. The topological polar surface area (TPSA) is 74.8 Å². The van der Waals surface area contributed by atoms with Crippen LogP contribution in [0.25, 0.3) is 17.2 Å². The predicted molar refractivity (Wildman–Crippen MR) is 122 cm³/mol. The molecule has 29 heavy (non-hydrogen) atoms. The lowest BCUT2D eigenvalue weighted by Crippen LogP contribution is -2.29. The zero-order chi connectivity index (χ0) is 20.4. The summed E-state index contributed by atoms with van der Waals surface area (Å²) in [5.74, 6) is 0.553. The summed E-state index contributed by atoms with van der Waals surface area (Å²) in [5, 5.41) is 16.8. The number of H-pyrrole nitrogens is 1. The summed E-state index contributed by atoms with van der Waals surface area (Å²) < 4.78 is 0.565. The Balaban J connectivity index is 1.44. The first-order valence-corrected chi connectivity index (χ1v) is 11.4. The molecule has 3 aromatic rings. The van der Waals surface area contributed by atoms with Crippen molar-refractivity contribution >= 4 is 74.8 Å². The summed E-state index contributed by atoms with van der Waals surface area (Å²) in [5.41, 5.74) is 2.00. The first kappa shape index (κ1) is 20.5. The van der Waals surface area contributed by atoms with Gasteiger partial charge in [-0.2, -0.15) is 5.21 Å². The Kier molecular flexibility index (Phi) is 6.31. The number of benzene rings is 1. The second-order valence-electron chi connectivity index (χ2n) is 6.13. The molecular weight excluding hydrogens is 469 g/mol. The molecule has 1 aliphatic rings. The summed E-state index contributed by atoms with van der Waals surface area (Å²) in [4.78, 5) is 16.0. The Morgan fingerprint density at radius 3 is 2.83 bits per heavy atom. The van der Waals surface area contributed by atoms with Gasteiger partial charge in [0, 0.05) is 17.8 Å². The number of hydrogen-bond donors (Lipinski definition) is 1. The average molecular weight is 482 g/mol. The van der Waals surface area contributed by atoms with Crippen molar-refractivity contribution < 1.29 is 4.79 Å². The SMILES string of the molecule is O=C1/C(=C/c2cc(-c3ccc(Cl)c(Cl)c3)cs2)SC(=S)N1CCCc1nn[nH]n1. The zero-order valence-electron chi connectivity index (χ0n) is 14.8. The molecule has 148 valence electrons. The standard InChI is InChI=1S/C18H13Cl2N5OS3/c19-13-4-3-10(7-14(13)20)11-6-12(28-9-11)8-15-17(26)25(18(27)29-15)5-1-2-16-21-23-24-22-16/h3-4,6-9H,1-2,5H2,(H,21,22,23,24)/b15-8-. The summed E-state index contributed by atoms with van der Waals surface area (Å²) in [7, 11) is 0. The van der Waals surface area contributed by atoms with Gasteiger partial charge in [-0.05, 0) is 47.2 Å². The molecule has 0 saturated carbocycles. The van der Waals surface area contributed by atoms with Crippen molar-refractivity contribution in [3.8, 4) is 11.1 Å². The number of carbonyl (C=O) groups excluding carboxylic acids is 1.